The number of nitrogens with one attached hydrogen (secondary N) is 1. The minimum Gasteiger partial charge on any atom is -0.485 e. The third-order valence-corrected chi connectivity index (χ3v) is 5.66. The van der Waals surface area contributed by atoms with E-state index >= 15 is 0 Å². The van der Waals surface area contributed by atoms with Gasteiger partial charge in [-0.3, -0.25) is 4.79 Å². The van der Waals surface area contributed by atoms with E-state index in [0.717, 1.165) is 20.9 Å². The Hall–Kier alpha value is -2.77. The van der Waals surface area contributed by atoms with Crippen LogP contribution in [0.4, 0.5) is 5.69 Å². The first-order valence-corrected chi connectivity index (χ1v) is 10.3. The van der Waals surface area contributed by atoms with Gasteiger partial charge in [0.1, 0.15) is 12.4 Å². The number of benzene rings is 2. The maximum atomic E-state index is 12.4. The molecule has 0 saturated carbocycles. The van der Waals surface area contributed by atoms with Crippen LogP contribution in [0.2, 0.25) is 0 Å². The Morgan fingerprint density at radius 3 is 2.81 bits per heavy atom. The van der Waals surface area contributed by atoms with Gasteiger partial charge in [-0.2, -0.15) is 0 Å². The number of aryl methyl sites for hydroxylation is 1. The second-order valence-corrected chi connectivity index (χ2v) is 7.72. The van der Waals surface area contributed by atoms with E-state index in [1.807, 2.05) is 53.9 Å². The number of carbonyl (C=O) groups excluding carboxylic acids is 1. The van der Waals surface area contributed by atoms with Gasteiger partial charge < -0.3 is 10.1 Å². The van der Waals surface area contributed by atoms with E-state index in [1.54, 1.807) is 16.8 Å². The van der Waals surface area contributed by atoms with Crippen molar-refractivity contribution in [2.75, 3.05) is 5.32 Å². The van der Waals surface area contributed by atoms with Gasteiger partial charge >= 0.3 is 0 Å². The van der Waals surface area contributed by atoms with Crippen molar-refractivity contribution in [1.82, 2.24) is 9.97 Å². The standard InChI is InChI=1S/C20H17N3O2S2/c24-19(9-10-20-23-16-6-2-4-8-18(16)27-20)22-15-5-1-3-7-17(15)25-11-14-12-26-13-21-14/h1-8,12-13H,9-11H2,(H,22,24). The summed E-state index contributed by atoms with van der Waals surface area (Å²) in [6.45, 7) is 0.377. The summed E-state index contributed by atoms with van der Waals surface area (Å²) in [7, 11) is 0. The first-order chi connectivity index (χ1) is 13.3. The van der Waals surface area contributed by atoms with Crippen LogP contribution < -0.4 is 10.1 Å². The zero-order chi connectivity index (χ0) is 18.5. The third-order valence-electron chi connectivity index (χ3n) is 3.92. The minimum absolute atomic E-state index is 0.0565. The average Bonchev–Trinajstić information content (AvgIpc) is 3.35. The molecule has 27 heavy (non-hydrogen) atoms. The van der Waals surface area contributed by atoms with E-state index in [0.29, 0.717) is 30.9 Å². The molecule has 2 heterocycles. The van der Waals surface area contributed by atoms with Crippen molar-refractivity contribution >= 4 is 44.5 Å². The molecule has 0 aliphatic carbocycles. The largest absolute Gasteiger partial charge is 0.485 e. The summed E-state index contributed by atoms with van der Waals surface area (Å²) in [6, 6.07) is 15.5. The van der Waals surface area contributed by atoms with Crippen LogP contribution in [-0.4, -0.2) is 15.9 Å². The summed E-state index contributed by atoms with van der Waals surface area (Å²) in [6.07, 6.45) is 0.993. The molecule has 0 unspecified atom stereocenters. The van der Waals surface area contributed by atoms with Gasteiger partial charge in [-0.15, -0.1) is 22.7 Å². The van der Waals surface area contributed by atoms with Gasteiger partial charge in [0.2, 0.25) is 5.91 Å². The quantitative estimate of drug-likeness (QED) is 0.483. The first kappa shape index (κ1) is 17.6. The van der Waals surface area contributed by atoms with E-state index < -0.39 is 0 Å². The third kappa shape index (κ3) is 4.50. The molecule has 0 bridgehead atoms. The maximum absolute atomic E-state index is 12.4. The van der Waals surface area contributed by atoms with Crippen LogP contribution >= 0.6 is 22.7 Å². The Bertz CT molecular complexity index is 1010. The van der Waals surface area contributed by atoms with Gasteiger partial charge in [0, 0.05) is 18.2 Å². The fraction of sp³-hybridized carbons (Fsp3) is 0.150. The van der Waals surface area contributed by atoms with E-state index in [9.17, 15) is 4.79 Å². The van der Waals surface area contributed by atoms with E-state index in [-0.39, 0.29) is 5.91 Å². The number of anilines is 1. The van der Waals surface area contributed by atoms with Crippen LogP contribution in [0.25, 0.3) is 10.2 Å². The van der Waals surface area contributed by atoms with Crippen molar-refractivity contribution in [1.29, 1.82) is 0 Å². The zero-order valence-electron chi connectivity index (χ0n) is 14.4. The van der Waals surface area contributed by atoms with Gasteiger partial charge in [0.15, 0.2) is 0 Å². The predicted molar refractivity (Wildman–Crippen MR) is 109 cm³/mol. The van der Waals surface area contributed by atoms with Crippen LogP contribution in [0.15, 0.2) is 59.4 Å². The molecule has 7 heteroatoms. The lowest BCUT2D eigenvalue weighted by atomic mass is 10.2. The average molecular weight is 396 g/mol. The summed E-state index contributed by atoms with van der Waals surface area (Å²) in [5, 5.41) is 5.86. The number of carbonyl (C=O) groups is 1. The SMILES string of the molecule is O=C(CCc1nc2ccccc2s1)Nc1ccccc1OCc1cscn1. The number of hydrogen-bond donors (Lipinski definition) is 1. The lowest BCUT2D eigenvalue weighted by Crippen LogP contribution is -2.13. The summed E-state index contributed by atoms with van der Waals surface area (Å²) >= 11 is 3.16. The van der Waals surface area contributed by atoms with Gasteiger partial charge in [0.05, 0.1) is 32.1 Å². The molecule has 0 atom stereocenters. The normalized spacial score (nSPS) is 10.8. The number of rotatable bonds is 7. The summed E-state index contributed by atoms with van der Waals surface area (Å²) in [5.41, 5.74) is 4.30. The number of fused-ring (bicyclic) bond motifs is 1. The van der Waals surface area contributed by atoms with Gasteiger partial charge in [-0.05, 0) is 24.3 Å². The molecule has 136 valence electrons. The van der Waals surface area contributed by atoms with Crippen molar-refractivity contribution in [3.8, 4) is 5.75 Å². The predicted octanol–water partition coefficient (Wildman–Crippen LogP) is 4.90. The molecule has 0 aliphatic rings. The molecule has 4 rings (SSSR count). The van der Waals surface area contributed by atoms with Crippen molar-refractivity contribution in [3.63, 3.8) is 0 Å². The van der Waals surface area contributed by atoms with E-state index in [1.165, 1.54) is 11.3 Å². The number of para-hydroxylation sites is 3. The molecule has 0 saturated heterocycles. The molecule has 0 aliphatic heterocycles. The highest BCUT2D eigenvalue weighted by Gasteiger charge is 2.10. The van der Waals surface area contributed by atoms with Gasteiger partial charge in [-0.25, -0.2) is 9.97 Å². The number of nitrogens with zero attached hydrogens (tertiary/aromatic N) is 2. The van der Waals surface area contributed by atoms with E-state index in [2.05, 4.69) is 15.3 Å². The van der Waals surface area contributed by atoms with Crippen LogP contribution in [-0.2, 0) is 17.8 Å². The highest BCUT2D eigenvalue weighted by atomic mass is 32.1. The van der Waals surface area contributed by atoms with Crippen LogP contribution in [0, 0.1) is 0 Å². The molecule has 0 fully saturated rings. The van der Waals surface area contributed by atoms with Crippen molar-refractivity contribution < 1.29 is 9.53 Å². The van der Waals surface area contributed by atoms with Crippen molar-refractivity contribution in [2.45, 2.75) is 19.4 Å². The highest BCUT2D eigenvalue weighted by Crippen LogP contribution is 2.26. The second kappa shape index (κ2) is 8.28. The van der Waals surface area contributed by atoms with E-state index in [4.69, 9.17) is 4.74 Å². The molecule has 4 aromatic rings. The molecule has 5 nitrogen and oxygen atoms in total. The fourth-order valence-electron chi connectivity index (χ4n) is 2.62. The van der Waals surface area contributed by atoms with Gasteiger partial charge in [-0.1, -0.05) is 24.3 Å². The Morgan fingerprint density at radius 2 is 1.96 bits per heavy atom. The molecular formula is C20H17N3O2S2. The Balaban J connectivity index is 1.36. The van der Waals surface area contributed by atoms with Crippen LogP contribution in [0.1, 0.15) is 17.1 Å². The Labute approximate surface area is 164 Å². The highest BCUT2D eigenvalue weighted by molar-refractivity contribution is 7.18. The molecule has 0 spiro atoms. The second-order valence-electron chi connectivity index (χ2n) is 5.89. The topological polar surface area (TPSA) is 64.1 Å². The number of thiazole rings is 2. The maximum Gasteiger partial charge on any atom is 0.224 e. The molecule has 1 amide bonds. The van der Waals surface area contributed by atoms with Crippen molar-refractivity contribution in [3.05, 3.63) is 70.1 Å². The minimum atomic E-state index is -0.0565. The Kier molecular flexibility index (Phi) is 5.41. The lowest BCUT2D eigenvalue weighted by Gasteiger charge is -2.11. The molecule has 0 radical (unpaired) electrons. The molecular weight excluding hydrogens is 378 g/mol. The molecule has 1 N–H and O–H groups in total. The summed E-state index contributed by atoms with van der Waals surface area (Å²) in [5.74, 6) is 0.581. The number of hydrogen-bond acceptors (Lipinski definition) is 6. The molecule has 2 aromatic carbocycles. The zero-order valence-corrected chi connectivity index (χ0v) is 16.1. The summed E-state index contributed by atoms with van der Waals surface area (Å²) in [4.78, 5) is 21.2. The van der Waals surface area contributed by atoms with Crippen LogP contribution in [0.5, 0.6) is 5.75 Å². The number of ether oxygens (including phenoxy) is 1. The fourth-order valence-corrected chi connectivity index (χ4v) is 4.13. The van der Waals surface area contributed by atoms with Crippen LogP contribution in [0.3, 0.4) is 0 Å². The number of amides is 1. The van der Waals surface area contributed by atoms with Crippen molar-refractivity contribution in [2.24, 2.45) is 0 Å². The number of aromatic nitrogens is 2. The van der Waals surface area contributed by atoms with Gasteiger partial charge in [0.25, 0.3) is 0 Å². The summed E-state index contributed by atoms with van der Waals surface area (Å²) < 4.78 is 6.95. The smallest absolute Gasteiger partial charge is 0.224 e. The molecule has 2 aromatic heterocycles. The monoisotopic (exact) mass is 395 g/mol. The lowest BCUT2D eigenvalue weighted by molar-refractivity contribution is -0.116. The first-order valence-electron chi connectivity index (χ1n) is 8.51. The Morgan fingerprint density at radius 1 is 1.11 bits per heavy atom.